The number of nitrogens with zero attached hydrogens (tertiary/aromatic N) is 2. The molecule has 9 heteroatoms. The van der Waals surface area contributed by atoms with E-state index in [-0.39, 0.29) is 0 Å². The van der Waals surface area contributed by atoms with Gasteiger partial charge in [0.15, 0.2) is 0 Å². The highest BCUT2D eigenvalue weighted by atomic mass is 32.2. The maximum Gasteiger partial charge on any atom is 0.414 e. The first-order valence-corrected chi connectivity index (χ1v) is 11.4. The Kier molecular flexibility index (Phi) is 8.73. The third-order valence-electron chi connectivity index (χ3n) is 5.01. The number of carboxylic acid groups (broad SMARTS) is 2. The molecule has 1 saturated heterocycles. The number of hydrogen-bond donors (Lipinski definition) is 2. The molecule has 3 rings (SSSR count). The number of rotatable bonds is 5. The highest BCUT2D eigenvalue weighted by molar-refractivity contribution is 7.89. The van der Waals surface area contributed by atoms with Gasteiger partial charge in [0.2, 0.25) is 10.0 Å². The van der Waals surface area contributed by atoms with E-state index in [4.69, 9.17) is 19.8 Å². The van der Waals surface area contributed by atoms with E-state index in [2.05, 4.69) is 36.1 Å². The average Bonchev–Trinajstić information content (AvgIpc) is 2.75. The summed E-state index contributed by atoms with van der Waals surface area (Å²) in [4.78, 5) is 20.9. The number of aliphatic carboxylic acids is 2. The first kappa shape index (κ1) is 24.5. The molecule has 0 unspecified atom stereocenters. The maximum atomic E-state index is 12.7. The predicted molar refractivity (Wildman–Crippen MR) is 116 cm³/mol. The maximum absolute atomic E-state index is 12.7. The predicted octanol–water partition coefficient (Wildman–Crippen LogP) is 2.22. The molecule has 2 aromatic carbocycles. The average molecular weight is 449 g/mol. The minimum absolute atomic E-state index is 0.390. The number of benzene rings is 2. The number of aryl methyl sites for hydroxylation is 2. The van der Waals surface area contributed by atoms with Gasteiger partial charge in [0.05, 0.1) is 4.90 Å². The lowest BCUT2D eigenvalue weighted by Gasteiger charge is -2.34. The molecule has 0 saturated carbocycles. The zero-order chi connectivity index (χ0) is 23.0. The monoisotopic (exact) mass is 448 g/mol. The molecule has 0 radical (unpaired) electrons. The van der Waals surface area contributed by atoms with Crippen LogP contribution >= 0.6 is 0 Å². The van der Waals surface area contributed by atoms with Crippen LogP contribution in [0.4, 0.5) is 0 Å². The molecular formula is C22H28N2O6S. The molecule has 0 atom stereocenters. The smallest absolute Gasteiger partial charge is 0.414 e. The Morgan fingerprint density at radius 3 is 1.77 bits per heavy atom. The van der Waals surface area contributed by atoms with Gasteiger partial charge in [0.1, 0.15) is 0 Å². The van der Waals surface area contributed by atoms with Crippen LogP contribution in [0.5, 0.6) is 0 Å². The summed E-state index contributed by atoms with van der Waals surface area (Å²) in [6, 6.07) is 15.8. The van der Waals surface area contributed by atoms with Crippen molar-refractivity contribution in [2.24, 2.45) is 0 Å². The van der Waals surface area contributed by atoms with Crippen LogP contribution < -0.4 is 0 Å². The number of piperazine rings is 1. The molecule has 0 amide bonds. The molecule has 1 aliphatic rings. The second kappa shape index (κ2) is 11.0. The fourth-order valence-corrected chi connectivity index (χ4v) is 4.55. The van der Waals surface area contributed by atoms with Gasteiger partial charge >= 0.3 is 11.9 Å². The van der Waals surface area contributed by atoms with E-state index in [1.807, 2.05) is 19.1 Å². The lowest BCUT2D eigenvalue weighted by Crippen LogP contribution is -2.48. The Hall–Kier alpha value is -2.75. The molecule has 1 aliphatic heterocycles. The van der Waals surface area contributed by atoms with Crippen LogP contribution in [0.15, 0.2) is 53.4 Å². The molecule has 31 heavy (non-hydrogen) atoms. The molecule has 168 valence electrons. The molecule has 0 spiro atoms. The van der Waals surface area contributed by atoms with Gasteiger partial charge in [0, 0.05) is 32.7 Å². The van der Waals surface area contributed by atoms with Gasteiger partial charge in [-0.05, 0) is 36.6 Å². The molecule has 0 bridgehead atoms. The Balaban J connectivity index is 0.000000501. The summed E-state index contributed by atoms with van der Waals surface area (Å²) >= 11 is 0. The summed E-state index contributed by atoms with van der Waals surface area (Å²) in [7, 11) is -3.38. The summed E-state index contributed by atoms with van der Waals surface area (Å²) in [6.45, 7) is 7.61. The van der Waals surface area contributed by atoms with Gasteiger partial charge < -0.3 is 10.2 Å². The second-order valence-electron chi connectivity index (χ2n) is 7.27. The largest absolute Gasteiger partial charge is 0.473 e. The number of sulfonamides is 1. The lowest BCUT2D eigenvalue weighted by molar-refractivity contribution is -0.159. The summed E-state index contributed by atoms with van der Waals surface area (Å²) in [5.41, 5.74) is 3.70. The lowest BCUT2D eigenvalue weighted by atomic mass is 10.1. The standard InChI is InChI=1S/C20H26N2O2S.C2H2O4/c1-3-18-6-8-19(9-7-18)16-21-12-14-22(15-13-21)25(23,24)20-10-4-17(2)5-11-20;3-1(4)2(5)6/h4-11H,3,12-16H2,1-2H3;(H,3,4)(H,5,6). The molecule has 1 fully saturated rings. The van der Waals surface area contributed by atoms with Crippen molar-refractivity contribution < 1.29 is 28.2 Å². The Bertz CT molecular complexity index is 968. The topological polar surface area (TPSA) is 115 Å². The molecule has 0 aliphatic carbocycles. The van der Waals surface area contributed by atoms with Gasteiger partial charge in [0.25, 0.3) is 0 Å². The number of hydrogen-bond acceptors (Lipinski definition) is 5. The van der Waals surface area contributed by atoms with Crippen LogP contribution in [0, 0.1) is 6.92 Å². The molecule has 8 nitrogen and oxygen atoms in total. The van der Waals surface area contributed by atoms with E-state index in [0.717, 1.165) is 31.6 Å². The first-order chi connectivity index (χ1) is 14.6. The van der Waals surface area contributed by atoms with Crippen LogP contribution in [0.2, 0.25) is 0 Å². The Morgan fingerprint density at radius 2 is 1.32 bits per heavy atom. The van der Waals surface area contributed by atoms with Crippen molar-refractivity contribution in [2.75, 3.05) is 26.2 Å². The quantitative estimate of drug-likeness (QED) is 0.674. The van der Waals surface area contributed by atoms with Gasteiger partial charge in [-0.1, -0.05) is 48.9 Å². The van der Waals surface area contributed by atoms with Crippen LogP contribution in [0.25, 0.3) is 0 Å². The SMILES string of the molecule is CCc1ccc(CN2CCN(S(=O)(=O)c3ccc(C)cc3)CC2)cc1.O=C(O)C(=O)O. The molecular weight excluding hydrogens is 420 g/mol. The highest BCUT2D eigenvalue weighted by Gasteiger charge is 2.28. The fraction of sp³-hybridized carbons (Fsp3) is 0.364. The van der Waals surface area contributed by atoms with Crippen LogP contribution in [-0.4, -0.2) is 66.0 Å². The van der Waals surface area contributed by atoms with Crippen molar-refractivity contribution in [3.8, 4) is 0 Å². The third-order valence-corrected chi connectivity index (χ3v) is 6.92. The van der Waals surface area contributed by atoms with Crippen LogP contribution in [0.3, 0.4) is 0 Å². The van der Waals surface area contributed by atoms with E-state index >= 15 is 0 Å². The van der Waals surface area contributed by atoms with Crippen molar-refractivity contribution >= 4 is 22.0 Å². The molecule has 0 aromatic heterocycles. The minimum Gasteiger partial charge on any atom is -0.473 e. The van der Waals surface area contributed by atoms with Gasteiger partial charge in [-0.15, -0.1) is 0 Å². The zero-order valence-electron chi connectivity index (χ0n) is 17.7. The summed E-state index contributed by atoms with van der Waals surface area (Å²) in [5.74, 6) is -3.65. The van der Waals surface area contributed by atoms with Crippen LogP contribution in [0.1, 0.15) is 23.6 Å². The van der Waals surface area contributed by atoms with E-state index < -0.39 is 22.0 Å². The summed E-state index contributed by atoms with van der Waals surface area (Å²) in [5, 5.41) is 14.8. The van der Waals surface area contributed by atoms with Crippen molar-refractivity contribution in [1.29, 1.82) is 0 Å². The van der Waals surface area contributed by atoms with Crippen molar-refractivity contribution in [3.05, 3.63) is 65.2 Å². The molecule has 1 heterocycles. The minimum atomic E-state index is -3.38. The second-order valence-corrected chi connectivity index (χ2v) is 9.21. The van der Waals surface area contributed by atoms with E-state index in [0.29, 0.717) is 18.0 Å². The fourth-order valence-electron chi connectivity index (χ4n) is 3.13. The van der Waals surface area contributed by atoms with Gasteiger partial charge in [-0.2, -0.15) is 4.31 Å². The number of carboxylic acids is 2. The summed E-state index contributed by atoms with van der Waals surface area (Å²) < 4.78 is 27.1. The zero-order valence-corrected chi connectivity index (χ0v) is 18.5. The van der Waals surface area contributed by atoms with E-state index in [9.17, 15) is 8.42 Å². The van der Waals surface area contributed by atoms with E-state index in [1.165, 1.54) is 11.1 Å². The third kappa shape index (κ3) is 7.16. The van der Waals surface area contributed by atoms with E-state index in [1.54, 1.807) is 16.4 Å². The normalized spacial score (nSPS) is 15.0. The molecule has 2 N–H and O–H groups in total. The van der Waals surface area contributed by atoms with Gasteiger partial charge in [-0.3, -0.25) is 4.90 Å². The molecule has 2 aromatic rings. The van der Waals surface area contributed by atoms with Crippen LogP contribution in [-0.2, 0) is 32.6 Å². The van der Waals surface area contributed by atoms with Crippen molar-refractivity contribution in [1.82, 2.24) is 9.21 Å². The van der Waals surface area contributed by atoms with Crippen molar-refractivity contribution in [2.45, 2.75) is 31.7 Å². The highest BCUT2D eigenvalue weighted by Crippen LogP contribution is 2.19. The number of carbonyl (C=O) groups is 2. The Morgan fingerprint density at radius 1 is 0.839 bits per heavy atom. The van der Waals surface area contributed by atoms with Crippen molar-refractivity contribution in [3.63, 3.8) is 0 Å². The summed E-state index contributed by atoms with van der Waals surface area (Å²) in [6.07, 6.45) is 1.05. The van der Waals surface area contributed by atoms with Gasteiger partial charge in [-0.25, -0.2) is 18.0 Å². The Labute approximate surface area is 182 Å². The first-order valence-electron chi connectivity index (χ1n) is 9.96.